The van der Waals surface area contributed by atoms with E-state index in [9.17, 15) is 8.42 Å². The van der Waals surface area contributed by atoms with Crippen molar-refractivity contribution in [3.63, 3.8) is 0 Å². The lowest BCUT2D eigenvalue weighted by molar-refractivity contribution is 0.483. The van der Waals surface area contributed by atoms with Crippen molar-refractivity contribution in [3.05, 3.63) is 36.8 Å². The van der Waals surface area contributed by atoms with Gasteiger partial charge < -0.3 is 0 Å². The van der Waals surface area contributed by atoms with E-state index in [0.717, 1.165) is 24.8 Å². The Kier molecular flexibility index (Phi) is 3.66. The minimum absolute atomic E-state index is 0.0594. The van der Waals surface area contributed by atoms with Crippen LogP contribution in [-0.4, -0.2) is 13.0 Å². The fourth-order valence-electron chi connectivity index (χ4n) is 1.16. The van der Waals surface area contributed by atoms with E-state index in [2.05, 4.69) is 6.92 Å². The van der Waals surface area contributed by atoms with E-state index >= 15 is 0 Å². The van der Waals surface area contributed by atoms with E-state index in [4.69, 9.17) is 4.55 Å². The minimum Gasteiger partial charge on any atom is -0.282 e. The van der Waals surface area contributed by atoms with Crippen molar-refractivity contribution in [2.75, 3.05) is 0 Å². The van der Waals surface area contributed by atoms with E-state index in [1.165, 1.54) is 12.1 Å². The summed E-state index contributed by atoms with van der Waals surface area (Å²) in [5.74, 6) is 0. The molecule has 0 atom stereocenters. The molecular formula is C10H13O3S. The third kappa shape index (κ3) is 3.12. The molecule has 1 aromatic carbocycles. The highest BCUT2D eigenvalue weighted by atomic mass is 32.2. The van der Waals surface area contributed by atoms with Crippen LogP contribution in [0.1, 0.15) is 18.4 Å². The van der Waals surface area contributed by atoms with E-state index in [0.29, 0.717) is 0 Å². The van der Waals surface area contributed by atoms with Crippen LogP contribution in [0.5, 0.6) is 0 Å². The van der Waals surface area contributed by atoms with Gasteiger partial charge >= 0.3 is 0 Å². The second-order valence-corrected chi connectivity index (χ2v) is 4.50. The molecule has 77 valence electrons. The van der Waals surface area contributed by atoms with Crippen molar-refractivity contribution in [3.8, 4) is 0 Å². The van der Waals surface area contributed by atoms with Crippen LogP contribution in [-0.2, 0) is 16.5 Å². The van der Waals surface area contributed by atoms with Crippen molar-refractivity contribution in [1.29, 1.82) is 0 Å². The van der Waals surface area contributed by atoms with E-state index in [1.807, 2.05) is 0 Å². The SMILES string of the molecule is [CH2]CCCc1ccc(S(=O)(=O)O)cc1. The van der Waals surface area contributed by atoms with Crippen LogP contribution in [0.3, 0.4) is 0 Å². The zero-order valence-electron chi connectivity index (χ0n) is 7.81. The molecule has 1 rings (SSSR count). The third-order valence-electron chi connectivity index (χ3n) is 1.94. The van der Waals surface area contributed by atoms with Crippen LogP contribution in [0.4, 0.5) is 0 Å². The van der Waals surface area contributed by atoms with Crippen LogP contribution < -0.4 is 0 Å². The lowest BCUT2D eigenvalue weighted by Crippen LogP contribution is -1.97. The molecule has 0 saturated heterocycles. The highest BCUT2D eigenvalue weighted by molar-refractivity contribution is 7.85. The molecule has 3 nitrogen and oxygen atoms in total. The number of rotatable bonds is 4. The van der Waals surface area contributed by atoms with Gasteiger partial charge in [0.15, 0.2) is 0 Å². The number of hydrogen-bond acceptors (Lipinski definition) is 2. The van der Waals surface area contributed by atoms with E-state index < -0.39 is 10.1 Å². The standard InChI is InChI=1S/C10H13O3S/c1-2-3-4-9-5-7-10(8-6-9)14(11,12)13/h5-8H,1-4H2,(H,11,12,13). The first-order valence-corrected chi connectivity index (χ1v) is 5.84. The third-order valence-corrected chi connectivity index (χ3v) is 2.80. The fourth-order valence-corrected chi connectivity index (χ4v) is 1.64. The van der Waals surface area contributed by atoms with Gasteiger partial charge in [0.05, 0.1) is 4.90 Å². The van der Waals surface area contributed by atoms with Crippen molar-refractivity contribution >= 4 is 10.1 Å². The van der Waals surface area contributed by atoms with Crippen LogP contribution in [0.2, 0.25) is 0 Å². The van der Waals surface area contributed by atoms with Crippen molar-refractivity contribution in [2.45, 2.75) is 24.2 Å². The Morgan fingerprint density at radius 3 is 2.21 bits per heavy atom. The summed E-state index contributed by atoms with van der Waals surface area (Å²) in [6.45, 7) is 3.72. The van der Waals surface area contributed by atoms with Gasteiger partial charge in [-0.3, -0.25) is 4.55 Å². The predicted octanol–water partition coefficient (Wildman–Crippen LogP) is 2.09. The summed E-state index contributed by atoms with van der Waals surface area (Å²) in [5, 5.41) is 0. The molecule has 0 spiro atoms. The lowest BCUT2D eigenvalue weighted by Gasteiger charge is -2.00. The van der Waals surface area contributed by atoms with Gasteiger partial charge in [-0.15, -0.1) is 0 Å². The van der Waals surface area contributed by atoms with Crippen LogP contribution >= 0.6 is 0 Å². The first-order valence-electron chi connectivity index (χ1n) is 4.39. The largest absolute Gasteiger partial charge is 0.294 e. The maximum atomic E-state index is 10.7. The molecule has 0 amide bonds. The van der Waals surface area contributed by atoms with Crippen LogP contribution in [0.15, 0.2) is 29.2 Å². The summed E-state index contributed by atoms with van der Waals surface area (Å²) >= 11 is 0. The van der Waals surface area contributed by atoms with Gasteiger partial charge in [-0.1, -0.05) is 25.5 Å². The lowest BCUT2D eigenvalue weighted by atomic mass is 10.1. The smallest absolute Gasteiger partial charge is 0.282 e. The van der Waals surface area contributed by atoms with Gasteiger partial charge in [0.25, 0.3) is 10.1 Å². The maximum Gasteiger partial charge on any atom is 0.294 e. The van der Waals surface area contributed by atoms with Crippen molar-refractivity contribution < 1.29 is 13.0 Å². The molecule has 1 radical (unpaired) electrons. The van der Waals surface area contributed by atoms with Gasteiger partial charge in [-0.25, -0.2) is 0 Å². The van der Waals surface area contributed by atoms with Crippen LogP contribution in [0.25, 0.3) is 0 Å². The molecule has 0 aliphatic carbocycles. The Morgan fingerprint density at radius 1 is 1.21 bits per heavy atom. The molecule has 0 saturated carbocycles. The Balaban J connectivity index is 2.79. The summed E-state index contributed by atoms with van der Waals surface area (Å²) in [5.41, 5.74) is 1.06. The zero-order chi connectivity index (χ0) is 10.6. The van der Waals surface area contributed by atoms with Gasteiger partial charge in [-0.05, 0) is 30.5 Å². The molecule has 4 heteroatoms. The number of benzene rings is 1. The van der Waals surface area contributed by atoms with Crippen LogP contribution in [0, 0.1) is 6.92 Å². The Morgan fingerprint density at radius 2 is 1.79 bits per heavy atom. The Labute approximate surface area is 84.5 Å². The monoisotopic (exact) mass is 213 g/mol. The molecular weight excluding hydrogens is 200 g/mol. The zero-order valence-corrected chi connectivity index (χ0v) is 8.63. The first-order chi connectivity index (χ1) is 6.54. The normalized spacial score (nSPS) is 11.6. The summed E-state index contributed by atoms with van der Waals surface area (Å²) in [6, 6.07) is 6.24. The number of aryl methyl sites for hydroxylation is 1. The van der Waals surface area contributed by atoms with Crippen molar-refractivity contribution in [2.24, 2.45) is 0 Å². The minimum atomic E-state index is -4.05. The molecule has 1 aromatic rings. The highest BCUT2D eigenvalue weighted by Crippen LogP contribution is 2.11. The van der Waals surface area contributed by atoms with Gasteiger partial charge in [-0.2, -0.15) is 8.42 Å². The second kappa shape index (κ2) is 4.57. The predicted molar refractivity (Wildman–Crippen MR) is 54.6 cm³/mol. The second-order valence-electron chi connectivity index (χ2n) is 3.08. The van der Waals surface area contributed by atoms with E-state index in [-0.39, 0.29) is 4.90 Å². The molecule has 1 N–H and O–H groups in total. The summed E-state index contributed by atoms with van der Waals surface area (Å²) in [6.07, 6.45) is 2.72. The molecule has 14 heavy (non-hydrogen) atoms. The Hall–Kier alpha value is -0.870. The molecule has 0 bridgehead atoms. The molecule has 0 aliphatic rings. The van der Waals surface area contributed by atoms with Crippen molar-refractivity contribution in [1.82, 2.24) is 0 Å². The van der Waals surface area contributed by atoms with Gasteiger partial charge in [0.1, 0.15) is 0 Å². The average Bonchev–Trinajstić information content (AvgIpc) is 2.14. The maximum absolute atomic E-state index is 10.7. The number of unbranched alkanes of at least 4 members (excludes halogenated alkanes) is 1. The molecule has 0 aliphatic heterocycles. The Bertz CT molecular complexity index is 378. The summed E-state index contributed by atoms with van der Waals surface area (Å²) < 4.78 is 30.1. The summed E-state index contributed by atoms with van der Waals surface area (Å²) in [7, 11) is -4.05. The molecule has 0 heterocycles. The topological polar surface area (TPSA) is 54.4 Å². The fraction of sp³-hybridized carbons (Fsp3) is 0.300. The number of hydrogen-bond donors (Lipinski definition) is 1. The quantitative estimate of drug-likeness (QED) is 0.779. The molecule has 0 unspecified atom stereocenters. The van der Waals surface area contributed by atoms with Gasteiger partial charge in [0.2, 0.25) is 0 Å². The van der Waals surface area contributed by atoms with E-state index in [1.54, 1.807) is 12.1 Å². The van der Waals surface area contributed by atoms with Gasteiger partial charge in [0, 0.05) is 0 Å². The molecule has 0 fully saturated rings. The first kappa shape index (κ1) is 11.2. The molecule has 0 aromatic heterocycles. The summed E-state index contributed by atoms with van der Waals surface area (Å²) in [4.78, 5) is -0.0594. The average molecular weight is 213 g/mol. The highest BCUT2D eigenvalue weighted by Gasteiger charge is 2.07.